The number of aryl methyl sites for hydroxylation is 1. The molecule has 0 aliphatic carbocycles. The third-order valence-electron chi connectivity index (χ3n) is 2.72. The summed E-state index contributed by atoms with van der Waals surface area (Å²) < 4.78 is 0. The van der Waals surface area contributed by atoms with E-state index in [1.165, 1.54) is 11.1 Å². The summed E-state index contributed by atoms with van der Waals surface area (Å²) in [5, 5.41) is 0. The van der Waals surface area contributed by atoms with E-state index in [0.717, 1.165) is 13.0 Å². The first kappa shape index (κ1) is 12.8. The molecule has 1 aromatic carbocycles. The van der Waals surface area contributed by atoms with Crippen molar-refractivity contribution in [3.05, 3.63) is 35.4 Å². The number of benzene rings is 1. The van der Waals surface area contributed by atoms with E-state index in [-0.39, 0.29) is 0 Å². The third-order valence-corrected chi connectivity index (χ3v) is 2.72. The summed E-state index contributed by atoms with van der Waals surface area (Å²) in [7, 11) is 1.82. The maximum Gasteiger partial charge on any atom is 0.0851 e. The van der Waals surface area contributed by atoms with Crippen LogP contribution in [0.15, 0.2) is 29.3 Å². The van der Waals surface area contributed by atoms with E-state index in [2.05, 4.69) is 54.9 Å². The Hall–Kier alpha value is -1.31. The van der Waals surface area contributed by atoms with Crippen LogP contribution in [0, 0.1) is 0 Å². The highest BCUT2D eigenvalue weighted by molar-refractivity contribution is 5.55. The maximum absolute atomic E-state index is 4.09. The van der Waals surface area contributed by atoms with E-state index in [0.29, 0.717) is 6.04 Å². The fraction of sp³-hybridized carbons (Fsp3) is 0.500. The molecule has 0 aliphatic rings. The zero-order valence-electron chi connectivity index (χ0n) is 10.8. The summed E-state index contributed by atoms with van der Waals surface area (Å²) in [5.41, 5.74) is 2.73. The lowest BCUT2D eigenvalue weighted by molar-refractivity contribution is 0.353. The van der Waals surface area contributed by atoms with Crippen LogP contribution in [0.3, 0.4) is 0 Å². The lowest BCUT2D eigenvalue weighted by Gasteiger charge is -2.23. The molecular weight excluding hydrogens is 196 g/mol. The summed E-state index contributed by atoms with van der Waals surface area (Å²) in [6, 6.07) is 9.30. The fourth-order valence-electron chi connectivity index (χ4n) is 1.60. The van der Waals surface area contributed by atoms with Crippen molar-refractivity contribution in [3.8, 4) is 0 Å². The van der Waals surface area contributed by atoms with Crippen LogP contribution in [-0.4, -0.2) is 24.3 Å². The van der Waals surface area contributed by atoms with Gasteiger partial charge in [-0.3, -0.25) is 4.99 Å². The quantitative estimate of drug-likeness (QED) is 0.547. The molecule has 2 nitrogen and oxygen atoms in total. The standard InChI is InChI=1S/C14H22N2/c1-5-13-6-8-14(9-7-13)10-16(11-15-4)12(2)3/h6-9,11-12H,5,10H2,1-4H3. The van der Waals surface area contributed by atoms with Crippen molar-refractivity contribution in [1.29, 1.82) is 0 Å². The second-order valence-corrected chi connectivity index (χ2v) is 4.31. The van der Waals surface area contributed by atoms with Crippen LogP contribution in [0.25, 0.3) is 0 Å². The molecule has 0 N–H and O–H groups in total. The molecule has 1 rings (SSSR count). The zero-order valence-corrected chi connectivity index (χ0v) is 10.8. The highest BCUT2D eigenvalue weighted by Gasteiger charge is 2.05. The third kappa shape index (κ3) is 3.69. The van der Waals surface area contributed by atoms with Gasteiger partial charge in [-0.25, -0.2) is 0 Å². The largest absolute Gasteiger partial charge is 0.356 e. The van der Waals surface area contributed by atoms with Gasteiger partial charge in [0.25, 0.3) is 0 Å². The summed E-state index contributed by atoms with van der Waals surface area (Å²) in [6.07, 6.45) is 3.02. The highest BCUT2D eigenvalue weighted by atomic mass is 15.2. The molecule has 16 heavy (non-hydrogen) atoms. The Kier molecular flexibility index (Phi) is 5.03. The predicted molar refractivity (Wildman–Crippen MR) is 70.9 cm³/mol. The molecule has 0 aromatic heterocycles. The van der Waals surface area contributed by atoms with Gasteiger partial charge in [-0.05, 0) is 31.4 Å². The molecule has 88 valence electrons. The number of hydrogen-bond acceptors (Lipinski definition) is 1. The first-order valence-corrected chi connectivity index (χ1v) is 5.93. The molecule has 2 heteroatoms. The molecule has 0 fully saturated rings. The minimum atomic E-state index is 0.481. The van der Waals surface area contributed by atoms with Crippen molar-refractivity contribution < 1.29 is 0 Å². The Labute approximate surface area is 99.0 Å². The molecule has 0 saturated heterocycles. The van der Waals surface area contributed by atoms with Crippen molar-refractivity contribution >= 4 is 6.34 Å². The monoisotopic (exact) mass is 218 g/mol. The van der Waals surface area contributed by atoms with Crippen molar-refractivity contribution in [2.24, 2.45) is 4.99 Å². The number of rotatable bonds is 5. The average Bonchev–Trinajstić information content (AvgIpc) is 2.29. The van der Waals surface area contributed by atoms with Gasteiger partial charge in [-0.1, -0.05) is 31.2 Å². The van der Waals surface area contributed by atoms with Gasteiger partial charge in [-0.15, -0.1) is 0 Å². The first-order chi connectivity index (χ1) is 7.67. The molecule has 0 unspecified atom stereocenters. The van der Waals surface area contributed by atoms with Crippen molar-refractivity contribution in [2.45, 2.75) is 39.8 Å². The fourth-order valence-corrected chi connectivity index (χ4v) is 1.60. The molecule has 0 saturated carbocycles. The van der Waals surface area contributed by atoms with E-state index in [4.69, 9.17) is 0 Å². The Bertz CT molecular complexity index is 325. The molecule has 0 radical (unpaired) electrons. The predicted octanol–water partition coefficient (Wildman–Crippen LogP) is 3.12. The molecule has 0 aliphatic heterocycles. The average molecular weight is 218 g/mol. The summed E-state index contributed by atoms with van der Waals surface area (Å²) in [6.45, 7) is 7.47. The van der Waals surface area contributed by atoms with E-state index in [1.54, 1.807) is 0 Å². The minimum absolute atomic E-state index is 0.481. The van der Waals surface area contributed by atoms with Gasteiger partial charge in [0.1, 0.15) is 0 Å². The van der Waals surface area contributed by atoms with Crippen LogP contribution in [0.2, 0.25) is 0 Å². The van der Waals surface area contributed by atoms with Gasteiger partial charge in [0, 0.05) is 19.6 Å². The molecule has 0 spiro atoms. The van der Waals surface area contributed by atoms with Gasteiger partial charge in [0.15, 0.2) is 0 Å². The minimum Gasteiger partial charge on any atom is -0.356 e. The van der Waals surface area contributed by atoms with E-state index in [1.807, 2.05) is 13.4 Å². The zero-order chi connectivity index (χ0) is 12.0. The van der Waals surface area contributed by atoms with Crippen LogP contribution >= 0.6 is 0 Å². The van der Waals surface area contributed by atoms with Crippen LogP contribution in [0.5, 0.6) is 0 Å². The molecule has 1 aromatic rings. The molecule has 0 atom stereocenters. The van der Waals surface area contributed by atoms with Crippen LogP contribution in [0.4, 0.5) is 0 Å². The Morgan fingerprint density at radius 3 is 2.19 bits per heavy atom. The van der Waals surface area contributed by atoms with E-state index >= 15 is 0 Å². The number of hydrogen-bond donors (Lipinski definition) is 0. The highest BCUT2D eigenvalue weighted by Crippen LogP contribution is 2.09. The summed E-state index contributed by atoms with van der Waals surface area (Å²) in [4.78, 5) is 6.33. The Balaban J connectivity index is 2.69. The van der Waals surface area contributed by atoms with Gasteiger partial charge >= 0.3 is 0 Å². The molecule has 0 amide bonds. The Morgan fingerprint density at radius 2 is 1.75 bits per heavy atom. The smallest absolute Gasteiger partial charge is 0.0851 e. The molecular formula is C14H22N2. The van der Waals surface area contributed by atoms with Crippen LogP contribution in [0.1, 0.15) is 31.9 Å². The number of nitrogens with zero attached hydrogens (tertiary/aromatic N) is 2. The second-order valence-electron chi connectivity index (χ2n) is 4.31. The number of aliphatic imine (C=N–C) groups is 1. The van der Waals surface area contributed by atoms with Gasteiger partial charge in [0.2, 0.25) is 0 Å². The maximum atomic E-state index is 4.09. The van der Waals surface area contributed by atoms with Crippen LogP contribution in [-0.2, 0) is 13.0 Å². The SMILES string of the molecule is CCc1ccc(CN(C=NC)C(C)C)cc1. The van der Waals surface area contributed by atoms with E-state index in [9.17, 15) is 0 Å². The topological polar surface area (TPSA) is 15.6 Å². The second kappa shape index (κ2) is 6.31. The van der Waals surface area contributed by atoms with Gasteiger partial charge in [-0.2, -0.15) is 0 Å². The molecule has 0 heterocycles. The first-order valence-electron chi connectivity index (χ1n) is 5.93. The van der Waals surface area contributed by atoms with Crippen molar-refractivity contribution in [2.75, 3.05) is 7.05 Å². The van der Waals surface area contributed by atoms with Gasteiger partial charge in [0.05, 0.1) is 6.34 Å². The van der Waals surface area contributed by atoms with Gasteiger partial charge < -0.3 is 4.90 Å². The van der Waals surface area contributed by atoms with E-state index < -0.39 is 0 Å². The normalized spacial score (nSPS) is 11.3. The summed E-state index contributed by atoms with van der Waals surface area (Å²) in [5.74, 6) is 0. The van der Waals surface area contributed by atoms with Crippen molar-refractivity contribution in [3.63, 3.8) is 0 Å². The lowest BCUT2D eigenvalue weighted by atomic mass is 10.1. The molecule has 0 bridgehead atoms. The summed E-state index contributed by atoms with van der Waals surface area (Å²) >= 11 is 0. The Morgan fingerprint density at radius 1 is 1.19 bits per heavy atom. The van der Waals surface area contributed by atoms with Crippen LogP contribution < -0.4 is 0 Å². The lowest BCUT2D eigenvalue weighted by Crippen LogP contribution is -2.28. The van der Waals surface area contributed by atoms with Crippen molar-refractivity contribution in [1.82, 2.24) is 4.90 Å².